The van der Waals surface area contributed by atoms with Gasteiger partial charge in [-0.05, 0) is 30.7 Å². The van der Waals surface area contributed by atoms with Gasteiger partial charge in [-0.15, -0.1) is 0 Å². The van der Waals surface area contributed by atoms with Crippen molar-refractivity contribution in [1.29, 1.82) is 0 Å². The Morgan fingerprint density at radius 3 is 2.43 bits per heavy atom. The number of ether oxygens (including phenoxy) is 2. The molecule has 2 rings (SSSR count). The van der Waals surface area contributed by atoms with E-state index in [0.29, 0.717) is 0 Å². The summed E-state index contributed by atoms with van der Waals surface area (Å²) in [6, 6.07) is 6.27. The minimum atomic E-state index is 0.0944. The van der Waals surface area contributed by atoms with Gasteiger partial charge in [0.1, 0.15) is 12.2 Å². The van der Waals surface area contributed by atoms with Gasteiger partial charge in [-0.25, -0.2) is 0 Å². The van der Waals surface area contributed by atoms with Crippen molar-refractivity contribution in [2.24, 2.45) is 0 Å². The molecule has 1 aromatic carbocycles. The summed E-state index contributed by atoms with van der Waals surface area (Å²) in [5.74, 6) is 0. The lowest BCUT2D eigenvalue weighted by Crippen LogP contribution is -2.27. The molecule has 2 unspecified atom stereocenters. The van der Waals surface area contributed by atoms with E-state index < -0.39 is 0 Å². The van der Waals surface area contributed by atoms with Crippen molar-refractivity contribution in [1.82, 2.24) is 5.32 Å². The van der Waals surface area contributed by atoms with Crippen LogP contribution in [0.25, 0.3) is 0 Å². The fourth-order valence-corrected chi connectivity index (χ4v) is 3.04. The molecule has 5 heteroatoms. The SMILES string of the molecule is CCCNCc1ccc(N2CC(OC)C(OC)C2)c(Cl)c1. The number of rotatable bonds is 7. The molecule has 0 aromatic heterocycles. The number of nitrogens with one attached hydrogen (secondary N) is 1. The third kappa shape index (κ3) is 4.10. The fourth-order valence-electron chi connectivity index (χ4n) is 2.72. The van der Waals surface area contributed by atoms with Crippen LogP contribution in [0.4, 0.5) is 5.69 Å². The molecule has 1 aliphatic rings. The van der Waals surface area contributed by atoms with Gasteiger partial charge in [0.05, 0.1) is 10.7 Å². The van der Waals surface area contributed by atoms with Crippen molar-refractivity contribution in [3.05, 3.63) is 28.8 Å². The Morgan fingerprint density at radius 2 is 1.90 bits per heavy atom. The molecule has 118 valence electrons. The molecular formula is C16H25ClN2O2. The third-order valence-electron chi connectivity index (χ3n) is 3.93. The molecule has 1 saturated heterocycles. The Kier molecular flexibility index (Phi) is 6.30. The highest BCUT2D eigenvalue weighted by atomic mass is 35.5. The molecule has 2 atom stereocenters. The molecule has 0 saturated carbocycles. The second-order valence-corrected chi connectivity index (χ2v) is 5.82. The summed E-state index contributed by atoms with van der Waals surface area (Å²) in [4.78, 5) is 2.23. The lowest BCUT2D eigenvalue weighted by Gasteiger charge is -2.20. The van der Waals surface area contributed by atoms with E-state index in [1.807, 2.05) is 6.07 Å². The average molecular weight is 313 g/mol. The van der Waals surface area contributed by atoms with Crippen LogP contribution >= 0.6 is 11.6 Å². The van der Waals surface area contributed by atoms with Gasteiger partial charge in [0.2, 0.25) is 0 Å². The fraction of sp³-hybridized carbons (Fsp3) is 0.625. The summed E-state index contributed by atoms with van der Waals surface area (Å²) < 4.78 is 11.0. The first kappa shape index (κ1) is 16.6. The van der Waals surface area contributed by atoms with Crippen molar-refractivity contribution >= 4 is 17.3 Å². The van der Waals surface area contributed by atoms with Gasteiger partial charge in [-0.1, -0.05) is 24.6 Å². The number of anilines is 1. The van der Waals surface area contributed by atoms with Crippen molar-refractivity contribution in [2.45, 2.75) is 32.1 Å². The average Bonchev–Trinajstić information content (AvgIpc) is 2.90. The van der Waals surface area contributed by atoms with Crippen LogP contribution in [-0.2, 0) is 16.0 Å². The highest BCUT2D eigenvalue weighted by molar-refractivity contribution is 6.33. The Labute approximate surface area is 132 Å². The van der Waals surface area contributed by atoms with E-state index in [1.54, 1.807) is 14.2 Å². The van der Waals surface area contributed by atoms with Crippen LogP contribution in [0.15, 0.2) is 18.2 Å². The molecule has 1 heterocycles. The van der Waals surface area contributed by atoms with Crippen molar-refractivity contribution < 1.29 is 9.47 Å². The maximum atomic E-state index is 6.45. The van der Waals surface area contributed by atoms with Gasteiger partial charge in [0.15, 0.2) is 0 Å². The summed E-state index contributed by atoms with van der Waals surface area (Å²) in [6.07, 6.45) is 1.32. The van der Waals surface area contributed by atoms with Gasteiger partial charge in [0, 0.05) is 33.9 Å². The van der Waals surface area contributed by atoms with E-state index in [-0.39, 0.29) is 12.2 Å². The molecule has 4 nitrogen and oxygen atoms in total. The summed E-state index contributed by atoms with van der Waals surface area (Å²) in [5.41, 5.74) is 2.26. The van der Waals surface area contributed by atoms with E-state index in [2.05, 4.69) is 29.3 Å². The predicted molar refractivity (Wildman–Crippen MR) is 87.3 cm³/mol. The molecule has 1 fully saturated rings. The molecule has 0 aliphatic carbocycles. The van der Waals surface area contributed by atoms with Crippen molar-refractivity contribution in [3.63, 3.8) is 0 Å². The van der Waals surface area contributed by atoms with Crippen LogP contribution in [0.1, 0.15) is 18.9 Å². The number of hydrogen-bond acceptors (Lipinski definition) is 4. The zero-order valence-corrected chi connectivity index (χ0v) is 13.8. The van der Waals surface area contributed by atoms with Gasteiger partial charge in [-0.3, -0.25) is 0 Å². The van der Waals surface area contributed by atoms with E-state index in [0.717, 1.165) is 43.3 Å². The second-order valence-electron chi connectivity index (χ2n) is 5.42. The van der Waals surface area contributed by atoms with E-state index in [4.69, 9.17) is 21.1 Å². The van der Waals surface area contributed by atoms with Gasteiger partial charge in [0.25, 0.3) is 0 Å². The van der Waals surface area contributed by atoms with E-state index >= 15 is 0 Å². The first-order valence-electron chi connectivity index (χ1n) is 7.49. The van der Waals surface area contributed by atoms with Gasteiger partial charge >= 0.3 is 0 Å². The number of methoxy groups -OCH3 is 2. The highest BCUT2D eigenvalue weighted by Gasteiger charge is 2.33. The monoisotopic (exact) mass is 312 g/mol. The van der Waals surface area contributed by atoms with Gasteiger partial charge in [-0.2, -0.15) is 0 Å². The van der Waals surface area contributed by atoms with Gasteiger partial charge < -0.3 is 19.7 Å². The van der Waals surface area contributed by atoms with Crippen LogP contribution in [-0.4, -0.2) is 46.1 Å². The summed E-state index contributed by atoms with van der Waals surface area (Å²) >= 11 is 6.45. The lowest BCUT2D eigenvalue weighted by atomic mass is 10.2. The number of nitrogens with zero attached hydrogens (tertiary/aromatic N) is 1. The highest BCUT2D eigenvalue weighted by Crippen LogP contribution is 2.31. The first-order chi connectivity index (χ1) is 10.2. The second kappa shape index (κ2) is 7.99. The molecule has 0 bridgehead atoms. The number of hydrogen-bond donors (Lipinski definition) is 1. The van der Waals surface area contributed by atoms with Crippen LogP contribution in [0, 0.1) is 0 Å². The van der Waals surface area contributed by atoms with E-state index in [9.17, 15) is 0 Å². The van der Waals surface area contributed by atoms with Crippen LogP contribution in [0.3, 0.4) is 0 Å². The van der Waals surface area contributed by atoms with Crippen molar-refractivity contribution in [3.8, 4) is 0 Å². The molecular weight excluding hydrogens is 288 g/mol. The predicted octanol–water partition coefficient (Wildman–Crippen LogP) is 2.69. The molecule has 0 amide bonds. The first-order valence-corrected chi connectivity index (χ1v) is 7.87. The molecule has 21 heavy (non-hydrogen) atoms. The maximum Gasteiger partial charge on any atom is 0.102 e. The Balaban J connectivity index is 2.04. The Hall–Kier alpha value is -0.810. The summed E-state index contributed by atoms with van der Waals surface area (Å²) in [7, 11) is 3.45. The molecule has 0 spiro atoms. The lowest BCUT2D eigenvalue weighted by molar-refractivity contribution is -0.00461. The number of benzene rings is 1. The molecule has 1 aromatic rings. The number of halogens is 1. The zero-order valence-electron chi connectivity index (χ0n) is 13.1. The smallest absolute Gasteiger partial charge is 0.102 e. The Morgan fingerprint density at radius 1 is 1.24 bits per heavy atom. The van der Waals surface area contributed by atoms with E-state index in [1.165, 1.54) is 5.56 Å². The largest absolute Gasteiger partial charge is 0.377 e. The topological polar surface area (TPSA) is 33.7 Å². The summed E-state index contributed by atoms with van der Waals surface area (Å²) in [5, 5.41) is 4.18. The molecule has 1 N–H and O–H groups in total. The van der Waals surface area contributed by atoms with Crippen molar-refractivity contribution in [2.75, 3.05) is 38.8 Å². The Bertz CT molecular complexity index is 444. The van der Waals surface area contributed by atoms with Crippen LogP contribution in [0.2, 0.25) is 5.02 Å². The van der Waals surface area contributed by atoms with Crippen LogP contribution < -0.4 is 10.2 Å². The zero-order chi connectivity index (χ0) is 15.2. The summed E-state index contributed by atoms with van der Waals surface area (Å²) in [6.45, 7) is 5.66. The third-order valence-corrected chi connectivity index (χ3v) is 4.23. The minimum absolute atomic E-state index is 0.0944. The standard InChI is InChI=1S/C16H25ClN2O2/c1-4-7-18-9-12-5-6-14(13(17)8-12)19-10-15(20-2)16(11-19)21-3/h5-6,8,15-16,18H,4,7,9-11H2,1-3H3. The van der Waals surface area contributed by atoms with Crippen LogP contribution in [0.5, 0.6) is 0 Å². The minimum Gasteiger partial charge on any atom is -0.377 e. The molecule has 0 radical (unpaired) electrons. The quantitative estimate of drug-likeness (QED) is 0.785. The molecule has 1 aliphatic heterocycles. The normalized spacial score (nSPS) is 22.0. The maximum absolute atomic E-state index is 6.45.